The van der Waals surface area contributed by atoms with E-state index in [0.717, 1.165) is 16.7 Å². The minimum Gasteiger partial charge on any atom is -0.283 e. The molecule has 6 heteroatoms. The normalized spacial score (nSPS) is 11.6. The van der Waals surface area contributed by atoms with E-state index >= 15 is 0 Å². The molecular formula is C12H7BrF3NO. The number of alkyl halides is 3. The molecule has 0 bridgehead atoms. The Labute approximate surface area is 109 Å². The summed E-state index contributed by atoms with van der Waals surface area (Å²) >= 11 is 3.17. The second-order valence-corrected chi connectivity index (χ2v) is 4.52. The molecule has 2 nitrogen and oxygen atoms in total. The minimum atomic E-state index is -4.42. The van der Waals surface area contributed by atoms with Crippen molar-refractivity contribution < 1.29 is 13.2 Å². The lowest BCUT2D eigenvalue weighted by Gasteiger charge is -2.10. The molecule has 0 radical (unpaired) electrons. The van der Waals surface area contributed by atoms with Crippen LogP contribution in [0.15, 0.2) is 51.9 Å². The topological polar surface area (TPSA) is 22.0 Å². The zero-order valence-corrected chi connectivity index (χ0v) is 10.5. The van der Waals surface area contributed by atoms with Gasteiger partial charge in [0.15, 0.2) is 0 Å². The van der Waals surface area contributed by atoms with Crippen LogP contribution in [0.2, 0.25) is 0 Å². The first-order chi connectivity index (χ1) is 8.38. The van der Waals surface area contributed by atoms with Crippen molar-refractivity contribution in [2.75, 3.05) is 0 Å². The van der Waals surface area contributed by atoms with E-state index in [1.54, 1.807) is 0 Å². The number of pyridine rings is 1. The number of benzene rings is 1. The average Bonchev–Trinajstić information content (AvgIpc) is 2.31. The van der Waals surface area contributed by atoms with Crippen molar-refractivity contribution in [1.82, 2.24) is 4.57 Å². The number of halogens is 4. The van der Waals surface area contributed by atoms with Crippen LogP contribution in [0.25, 0.3) is 5.69 Å². The summed E-state index contributed by atoms with van der Waals surface area (Å²) < 4.78 is 39.5. The summed E-state index contributed by atoms with van der Waals surface area (Å²) in [6.45, 7) is 0. The Morgan fingerprint density at radius 3 is 2.50 bits per heavy atom. The first-order valence-corrected chi connectivity index (χ1v) is 5.73. The van der Waals surface area contributed by atoms with Crippen LogP contribution < -0.4 is 5.56 Å². The Morgan fingerprint density at radius 1 is 1.11 bits per heavy atom. The van der Waals surface area contributed by atoms with Crippen molar-refractivity contribution >= 4 is 15.9 Å². The molecule has 0 spiro atoms. The molecule has 0 unspecified atom stereocenters. The highest BCUT2D eigenvalue weighted by molar-refractivity contribution is 9.10. The minimum absolute atomic E-state index is 0.177. The second kappa shape index (κ2) is 4.61. The smallest absolute Gasteiger partial charge is 0.283 e. The van der Waals surface area contributed by atoms with Crippen molar-refractivity contribution in [3.8, 4) is 5.69 Å². The number of rotatable bonds is 1. The molecule has 0 aliphatic heterocycles. The van der Waals surface area contributed by atoms with E-state index in [1.165, 1.54) is 30.5 Å². The quantitative estimate of drug-likeness (QED) is 0.787. The number of hydrogen-bond acceptors (Lipinski definition) is 1. The Morgan fingerprint density at radius 2 is 1.83 bits per heavy atom. The Balaban J connectivity index is 2.58. The lowest BCUT2D eigenvalue weighted by Crippen LogP contribution is -2.17. The average molecular weight is 318 g/mol. The summed E-state index contributed by atoms with van der Waals surface area (Å²) in [6.07, 6.45) is -3.00. The largest absolute Gasteiger partial charge is 0.416 e. The summed E-state index contributed by atoms with van der Waals surface area (Å²) in [5.74, 6) is 0. The van der Waals surface area contributed by atoms with Crippen molar-refractivity contribution in [2.45, 2.75) is 6.18 Å². The molecule has 1 heterocycles. The summed E-state index contributed by atoms with van der Waals surface area (Å²) in [4.78, 5) is 11.6. The van der Waals surface area contributed by atoms with Crippen LogP contribution in [0.1, 0.15) is 5.56 Å². The van der Waals surface area contributed by atoms with Crippen LogP contribution in [0.5, 0.6) is 0 Å². The maximum absolute atomic E-state index is 12.6. The van der Waals surface area contributed by atoms with E-state index in [4.69, 9.17) is 0 Å². The third-order valence-electron chi connectivity index (χ3n) is 2.33. The van der Waals surface area contributed by atoms with E-state index in [1.807, 2.05) is 0 Å². The summed E-state index contributed by atoms with van der Waals surface area (Å²) in [5.41, 5.74) is -1.000. The first kappa shape index (κ1) is 12.9. The molecule has 0 aliphatic rings. The van der Waals surface area contributed by atoms with Crippen LogP contribution in [-0.2, 0) is 6.18 Å². The van der Waals surface area contributed by atoms with E-state index in [-0.39, 0.29) is 5.69 Å². The maximum atomic E-state index is 12.6. The van der Waals surface area contributed by atoms with Gasteiger partial charge in [-0.3, -0.25) is 9.36 Å². The molecule has 1 aromatic carbocycles. The van der Waals surface area contributed by atoms with Crippen molar-refractivity contribution in [3.05, 3.63) is 63.0 Å². The van der Waals surface area contributed by atoms with Gasteiger partial charge in [-0.25, -0.2) is 0 Å². The van der Waals surface area contributed by atoms with Gasteiger partial charge in [-0.2, -0.15) is 13.2 Å². The van der Waals surface area contributed by atoms with Crippen molar-refractivity contribution in [1.29, 1.82) is 0 Å². The number of nitrogens with zero attached hydrogens (tertiary/aromatic N) is 1. The number of hydrogen-bond donors (Lipinski definition) is 0. The van der Waals surface area contributed by atoms with Gasteiger partial charge in [-0.1, -0.05) is 6.07 Å². The fourth-order valence-corrected chi connectivity index (χ4v) is 1.83. The number of aromatic nitrogens is 1. The zero-order valence-electron chi connectivity index (χ0n) is 8.91. The fraction of sp³-hybridized carbons (Fsp3) is 0.0833. The molecule has 0 saturated heterocycles. The molecule has 0 fully saturated rings. The summed E-state index contributed by atoms with van der Waals surface area (Å²) in [5, 5.41) is 0. The Bertz CT molecular complexity index is 634. The highest BCUT2D eigenvalue weighted by atomic mass is 79.9. The molecule has 1 aromatic heterocycles. The predicted molar refractivity (Wildman–Crippen MR) is 64.7 cm³/mol. The van der Waals surface area contributed by atoms with E-state index in [9.17, 15) is 18.0 Å². The van der Waals surface area contributed by atoms with Gasteiger partial charge in [0.2, 0.25) is 0 Å². The van der Waals surface area contributed by atoms with Gasteiger partial charge in [0, 0.05) is 22.4 Å². The fourth-order valence-electron chi connectivity index (χ4n) is 1.50. The maximum Gasteiger partial charge on any atom is 0.416 e. The van der Waals surface area contributed by atoms with Crippen LogP contribution in [-0.4, -0.2) is 4.57 Å². The lowest BCUT2D eigenvalue weighted by molar-refractivity contribution is -0.137. The second-order valence-electron chi connectivity index (χ2n) is 3.60. The molecule has 94 valence electrons. The predicted octanol–water partition coefficient (Wildman–Crippen LogP) is 3.62. The Hall–Kier alpha value is -1.56. The molecule has 0 N–H and O–H groups in total. The summed E-state index contributed by atoms with van der Waals surface area (Å²) in [6, 6.07) is 7.44. The van der Waals surface area contributed by atoms with E-state index in [0.29, 0.717) is 4.47 Å². The first-order valence-electron chi connectivity index (χ1n) is 4.94. The molecular weight excluding hydrogens is 311 g/mol. The van der Waals surface area contributed by atoms with Crippen LogP contribution in [0.3, 0.4) is 0 Å². The lowest BCUT2D eigenvalue weighted by atomic mass is 10.2. The SMILES string of the molecule is O=c1ccc(Br)cn1-c1cccc(C(F)(F)F)c1. The van der Waals surface area contributed by atoms with Gasteiger partial charge in [0.05, 0.1) is 5.56 Å². The van der Waals surface area contributed by atoms with Gasteiger partial charge in [-0.15, -0.1) is 0 Å². The van der Waals surface area contributed by atoms with E-state index < -0.39 is 17.3 Å². The molecule has 0 aliphatic carbocycles. The van der Waals surface area contributed by atoms with E-state index in [2.05, 4.69) is 15.9 Å². The standard InChI is InChI=1S/C12H7BrF3NO/c13-9-4-5-11(18)17(7-9)10-3-1-2-8(6-10)12(14,15)16/h1-7H. The third kappa shape index (κ3) is 2.64. The van der Waals surface area contributed by atoms with Crippen LogP contribution in [0, 0.1) is 0 Å². The van der Waals surface area contributed by atoms with Crippen LogP contribution in [0.4, 0.5) is 13.2 Å². The molecule has 2 aromatic rings. The van der Waals surface area contributed by atoms with Gasteiger partial charge in [0.1, 0.15) is 0 Å². The van der Waals surface area contributed by atoms with Gasteiger partial charge >= 0.3 is 6.18 Å². The highest BCUT2D eigenvalue weighted by Crippen LogP contribution is 2.30. The molecule has 2 rings (SSSR count). The molecule has 0 saturated carbocycles. The van der Waals surface area contributed by atoms with Gasteiger partial charge < -0.3 is 0 Å². The van der Waals surface area contributed by atoms with Gasteiger partial charge in [-0.05, 0) is 40.2 Å². The highest BCUT2D eigenvalue weighted by Gasteiger charge is 2.30. The molecule has 0 amide bonds. The Kier molecular flexibility index (Phi) is 3.30. The third-order valence-corrected chi connectivity index (χ3v) is 2.80. The summed E-state index contributed by atoms with van der Waals surface area (Å²) in [7, 11) is 0. The van der Waals surface area contributed by atoms with Crippen molar-refractivity contribution in [3.63, 3.8) is 0 Å². The molecule has 18 heavy (non-hydrogen) atoms. The van der Waals surface area contributed by atoms with Gasteiger partial charge in [0.25, 0.3) is 5.56 Å². The van der Waals surface area contributed by atoms with Crippen molar-refractivity contribution in [2.24, 2.45) is 0 Å². The van der Waals surface area contributed by atoms with Crippen LogP contribution >= 0.6 is 15.9 Å². The molecule has 0 atom stereocenters. The monoisotopic (exact) mass is 317 g/mol. The zero-order chi connectivity index (χ0) is 13.3.